The lowest BCUT2D eigenvalue weighted by atomic mass is 10.6. The highest BCUT2D eigenvalue weighted by atomic mass is 16.7. The molecule has 4 N–H and O–H groups in total. The summed E-state index contributed by atoms with van der Waals surface area (Å²) in [6.45, 7) is -0.924. The number of carbonyl (C=O) groups is 2. The van der Waals surface area contributed by atoms with Crippen LogP contribution >= 0.6 is 0 Å². The minimum atomic E-state index is -2.32. The zero-order chi connectivity index (χ0) is 10.4. The molecule has 0 aliphatic carbocycles. The normalized spacial score (nSPS) is 10.3. The highest BCUT2D eigenvalue weighted by Gasteiger charge is 2.15. The summed E-state index contributed by atoms with van der Waals surface area (Å²) in [5.41, 5.74) is 0. The molecule has 0 amide bonds. The molecule has 0 unspecified atom stereocenters. The van der Waals surface area contributed by atoms with Gasteiger partial charge in [0.25, 0.3) is 12.6 Å². The lowest BCUT2D eigenvalue weighted by molar-refractivity contribution is -0.197. The van der Waals surface area contributed by atoms with E-state index in [2.05, 4.69) is 9.47 Å². The van der Waals surface area contributed by atoms with Crippen molar-refractivity contribution in [1.82, 2.24) is 0 Å². The lowest BCUT2D eigenvalue weighted by Gasteiger charge is -2.07. The number of esters is 2. The fourth-order valence-electron chi connectivity index (χ4n) is 0.295. The summed E-state index contributed by atoms with van der Waals surface area (Å²) in [5, 5.41) is 32.5. The maximum absolute atomic E-state index is 10.3. The molecule has 8 nitrogen and oxygen atoms in total. The Morgan fingerprint density at radius 1 is 0.923 bits per heavy atom. The van der Waals surface area contributed by atoms with Crippen LogP contribution in [-0.4, -0.2) is 51.7 Å². The van der Waals surface area contributed by atoms with Crippen molar-refractivity contribution in [2.24, 2.45) is 0 Å². The Balaban J connectivity index is 3.57. The molecule has 0 atom stereocenters. The Morgan fingerprint density at radius 3 is 1.46 bits per heavy atom. The van der Waals surface area contributed by atoms with Crippen LogP contribution < -0.4 is 0 Å². The summed E-state index contributed by atoms with van der Waals surface area (Å²) in [6.07, 6.45) is -4.64. The lowest BCUT2D eigenvalue weighted by Crippen LogP contribution is -2.27. The van der Waals surface area contributed by atoms with Crippen molar-refractivity contribution >= 4 is 11.9 Å². The van der Waals surface area contributed by atoms with Gasteiger partial charge in [-0.3, -0.25) is 0 Å². The first-order chi connectivity index (χ1) is 5.95. The molecule has 0 aromatic rings. The van der Waals surface area contributed by atoms with E-state index in [4.69, 9.17) is 20.4 Å². The van der Waals surface area contributed by atoms with Gasteiger partial charge < -0.3 is 29.9 Å². The summed E-state index contributed by atoms with van der Waals surface area (Å²) in [6, 6.07) is 0. The van der Waals surface area contributed by atoms with E-state index in [9.17, 15) is 9.59 Å². The quantitative estimate of drug-likeness (QED) is 0.270. The Morgan fingerprint density at radius 2 is 1.23 bits per heavy atom. The third-order valence-corrected chi connectivity index (χ3v) is 0.824. The maximum Gasteiger partial charge on any atom is 0.365 e. The van der Waals surface area contributed by atoms with E-state index in [1.54, 1.807) is 0 Å². The van der Waals surface area contributed by atoms with E-state index >= 15 is 0 Å². The Kier molecular flexibility index (Phi) is 4.92. The second kappa shape index (κ2) is 5.43. The first kappa shape index (κ1) is 11.8. The predicted octanol–water partition coefficient (Wildman–Crippen LogP) is -3.35. The maximum atomic E-state index is 10.3. The number of aliphatic hydroxyl groups excluding tert-OH is 2. The van der Waals surface area contributed by atoms with Crippen molar-refractivity contribution in [3.63, 3.8) is 0 Å². The SMILES string of the molecule is O=C(OCOC(=O)C(O)O)C(O)O. The van der Waals surface area contributed by atoms with Gasteiger partial charge in [0.2, 0.25) is 6.79 Å². The van der Waals surface area contributed by atoms with E-state index in [0.717, 1.165) is 0 Å². The molecule has 0 radical (unpaired) electrons. The zero-order valence-corrected chi connectivity index (χ0v) is 6.28. The number of carbonyl (C=O) groups excluding carboxylic acids is 2. The standard InChI is InChI=1S/C5H8O8/c6-2(7)4(10)12-1-13-5(11)3(8)9/h2-3,6-9H,1H2. The number of aliphatic hydroxyl groups is 4. The molecule has 0 aromatic heterocycles. The number of ether oxygens (including phenoxy) is 2. The summed E-state index contributed by atoms with van der Waals surface area (Å²) >= 11 is 0. The van der Waals surface area contributed by atoms with Gasteiger partial charge in [0.15, 0.2) is 0 Å². The van der Waals surface area contributed by atoms with E-state index in [1.807, 2.05) is 0 Å². The van der Waals surface area contributed by atoms with Crippen LogP contribution in [0, 0.1) is 0 Å². The molecule has 0 fully saturated rings. The molecule has 13 heavy (non-hydrogen) atoms. The van der Waals surface area contributed by atoms with Crippen molar-refractivity contribution in [1.29, 1.82) is 0 Å². The Bertz CT molecular complexity index is 165. The molecule has 0 saturated heterocycles. The summed E-state index contributed by atoms with van der Waals surface area (Å²) in [4.78, 5) is 20.5. The Labute approximate surface area is 71.9 Å². The molecule has 0 aliphatic heterocycles. The van der Waals surface area contributed by atoms with E-state index in [-0.39, 0.29) is 0 Å². The van der Waals surface area contributed by atoms with Gasteiger partial charge in [-0.15, -0.1) is 0 Å². The molecule has 0 bridgehead atoms. The van der Waals surface area contributed by atoms with Crippen LogP contribution in [0.15, 0.2) is 0 Å². The number of hydrogen-bond donors (Lipinski definition) is 4. The van der Waals surface area contributed by atoms with Crippen molar-refractivity contribution in [2.45, 2.75) is 12.6 Å². The van der Waals surface area contributed by atoms with Crippen LogP contribution in [0.4, 0.5) is 0 Å². The molecule has 0 heterocycles. The third-order valence-electron chi connectivity index (χ3n) is 0.824. The highest BCUT2D eigenvalue weighted by molar-refractivity contribution is 5.74. The van der Waals surface area contributed by atoms with Gasteiger partial charge in [-0.05, 0) is 0 Å². The molecular weight excluding hydrogens is 188 g/mol. The van der Waals surface area contributed by atoms with E-state index in [1.165, 1.54) is 0 Å². The minimum Gasteiger partial charge on any atom is -0.424 e. The molecule has 0 rings (SSSR count). The second-order valence-electron chi connectivity index (χ2n) is 1.79. The van der Waals surface area contributed by atoms with Crippen LogP contribution in [0.3, 0.4) is 0 Å². The monoisotopic (exact) mass is 196 g/mol. The fraction of sp³-hybridized carbons (Fsp3) is 0.600. The average Bonchev–Trinajstić information content (AvgIpc) is 2.03. The van der Waals surface area contributed by atoms with Crippen LogP contribution in [0.25, 0.3) is 0 Å². The zero-order valence-electron chi connectivity index (χ0n) is 6.28. The molecular formula is C5H8O8. The topological polar surface area (TPSA) is 134 Å². The van der Waals surface area contributed by atoms with E-state index in [0.29, 0.717) is 0 Å². The van der Waals surface area contributed by atoms with Crippen molar-refractivity contribution in [3.05, 3.63) is 0 Å². The van der Waals surface area contributed by atoms with Crippen LogP contribution in [0.2, 0.25) is 0 Å². The van der Waals surface area contributed by atoms with Gasteiger partial charge in [0.1, 0.15) is 0 Å². The molecule has 0 saturated carbocycles. The van der Waals surface area contributed by atoms with Crippen molar-refractivity contribution in [3.8, 4) is 0 Å². The van der Waals surface area contributed by atoms with Gasteiger partial charge in [-0.25, -0.2) is 9.59 Å². The van der Waals surface area contributed by atoms with Gasteiger partial charge in [-0.2, -0.15) is 0 Å². The summed E-state index contributed by atoms with van der Waals surface area (Å²) in [5.74, 6) is -2.83. The molecule has 0 aliphatic rings. The third kappa shape index (κ3) is 5.09. The minimum absolute atomic E-state index is 0.924. The van der Waals surface area contributed by atoms with Gasteiger partial charge in [-0.1, -0.05) is 0 Å². The highest BCUT2D eigenvalue weighted by Crippen LogP contribution is 1.88. The number of rotatable bonds is 4. The smallest absolute Gasteiger partial charge is 0.365 e. The molecule has 0 aromatic carbocycles. The second-order valence-corrected chi connectivity index (χ2v) is 1.79. The molecule has 76 valence electrons. The number of hydrogen-bond acceptors (Lipinski definition) is 8. The van der Waals surface area contributed by atoms with Crippen LogP contribution in [0.1, 0.15) is 0 Å². The van der Waals surface area contributed by atoms with Crippen LogP contribution in [-0.2, 0) is 19.1 Å². The van der Waals surface area contributed by atoms with Gasteiger partial charge >= 0.3 is 11.9 Å². The van der Waals surface area contributed by atoms with Crippen molar-refractivity contribution < 1.29 is 39.5 Å². The largest absolute Gasteiger partial charge is 0.424 e. The predicted molar refractivity (Wildman–Crippen MR) is 33.5 cm³/mol. The molecule has 0 spiro atoms. The Hall–Kier alpha value is -1.22. The van der Waals surface area contributed by atoms with Gasteiger partial charge in [0, 0.05) is 0 Å². The first-order valence-corrected chi connectivity index (χ1v) is 3.00. The average molecular weight is 196 g/mol. The van der Waals surface area contributed by atoms with Crippen LogP contribution in [0.5, 0.6) is 0 Å². The first-order valence-electron chi connectivity index (χ1n) is 3.00. The van der Waals surface area contributed by atoms with Crippen molar-refractivity contribution in [2.75, 3.05) is 6.79 Å². The fourth-order valence-corrected chi connectivity index (χ4v) is 0.295. The van der Waals surface area contributed by atoms with E-state index < -0.39 is 31.3 Å². The molecule has 8 heteroatoms. The summed E-state index contributed by atoms with van der Waals surface area (Å²) < 4.78 is 7.84. The summed E-state index contributed by atoms with van der Waals surface area (Å²) in [7, 11) is 0. The van der Waals surface area contributed by atoms with Gasteiger partial charge in [0.05, 0.1) is 0 Å².